The molecule has 0 bridgehead atoms. The van der Waals surface area contributed by atoms with Gasteiger partial charge in [0.05, 0.1) is 13.2 Å². The van der Waals surface area contributed by atoms with Crippen molar-refractivity contribution in [3.63, 3.8) is 0 Å². The van der Waals surface area contributed by atoms with Gasteiger partial charge in [-0.2, -0.15) is 0 Å². The standard InChI is InChI=1S/C52H98O10/c1-3-5-7-9-11-13-15-17-19-20-21-22-23-24-25-27-28-30-32-34-36-38-40-47(54)59-43-45(44-60-52-51(58)50(57)49(56)46(42-53)62-52)61-48(55)41-39-37-35-33-31-29-26-18-16-14-12-10-8-6-4-2/h29,31,45-46,49-53,56-58H,3-28,30,32-44H2,1-2H3/b31-29+/t45-,46-,49+,50?,51?,52-/m0/s1. The van der Waals surface area contributed by atoms with Crippen LogP contribution < -0.4 is 0 Å². The van der Waals surface area contributed by atoms with Crippen LogP contribution >= 0.6 is 0 Å². The number of ether oxygens (including phenoxy) is 4. The maximum atomic E-state index is 12.8. The molecule has 0 aromatic carbocycles. The van der Waals surface area contributed by atoms with Crippen LogP contribution in [0, 0.1) is 0 Å². The zero-order valence-electron chi connectivity index (χ0n) is 40.1. The number of aliphatic hydroxyl groups excluding tert-OH is 4. The zero-order chi connectivity index (χ0) is 45.1. The van der Waals surface area contributed by atoms with Crippen molar-refractivity contribution in [2.45, 2.75) is 288 Å². The van der Waals surface area contributed by atoms with E-state index in [1.807, 2.05) is 0 Å². The summed E-state index contributed by atoms with van der Waals surface area (Å²) in [4.78, 5) is 25.4. The van der Waals surface area contributed by atoms with Gasteiger partial charge in [-0.1, -0.05) is 212 Å². The Morgan fingerprint density at radius 1 is 0.484 bits per heavy atom. The van der Waals surface area contributed by atoms with Crippen molar-refractivity contribution in [2.24, 2.45) is 0 Å². The largest absolute Gasteiger partial charge is 0.462 e. The topological polar surface area (TPSA) is 152 Å². The van der Waals surface area contributed by atoms with Gasteiger partial charge in [-0.25, -0.2) is 0 Å². The van der Waals surface area contributed by atoms with Crippen molar-refractivity contribution in [3.8, 4) is 0 Å². The van der Waals surface area contributed by atoms with Crippen LogP contribution in [0.25, 0.3) is 0 Å². The molecule has 4 N–H and O–H groups in total. The summed E-state index contributed by atoms with van der Waals surface area (Å²) in [7, 11) is 0. The van der Waals surface area contributed by atoms with Gasteiger partial charge in [0.15, 0.2) is 12.4 Å². The van der Waals surface area contributed by atoms with Crippen LogP contribution in [0.1, 0.15) is 251 Å². The summed E-state index contributed by atoms with van der Waals surface area (Å²) in [6, 6.07) is 0. The zero-order valence-corrected chi connectivity index (χ0v) is 40.1. The van der Waals surface area contributed by atoms with E-state index in [-0.39, 0.29) is 32.0 Å². The molecule has 0 aromatic heterocycles. The van der Waals surface area contributed by atoms with Gasteiger partial charge in [0.25, 0.3) is 0 Å². The highest BCUT2D eigenvalue weighted by atomic mass is 16.7. The second-order valence-electron chi connectivity index (χ2n) is 18.3. The van der Waals surface area contributed by atoms with Crippen molar-refractivity contribution in [2.75, 3.05) is 19.8 Å². The van der Waals surface area contributed by atoms with E-state index >= 15 is 0 Å². The first kappa shape index (κ1) is 58.5. The van der Waals surface area contributed by atoms with Crippen LogP contribution in [0.15, 0.2) is 12.2 Å². The SMILES string of the molecule is CCCCCCCCCC/C=C/CCCCCC(=O)O[C@@H](COC(=O)CCCCCCCCCCCCCCCCCCCCCCCC)CO[C@H]1O[C@@H](CO)[C@@H](O)C(O)C1O. The molecule has 1 aliphatic rings. The predicted octanol–water partition coefficient (Wildman–Crippen LogP) is 12.3. The van der Waals surface area contributed by atoms with Crippen LogP contribution in [0.5, 0.6) is 0 Å². The third-order valence-corrected chi connectivity index (χ3v) is 12.4. The molecule has 0 spiro atoms. The number of aliphatic hydroxyl groups is 4. The quantitative estimate of drug-likeness (QED) is 0.0264. The number of unbranched alkanes of at least 4 members (excludes halogenated alkanes) is 32. The number of esters is 2. The van der Waals surface area contributed by atoms with Gasteiger partial charge in [0.1, 0.15) is 31.0 Å². The molecule has 0 saturated carbocycles. The Balaban J connectivity index is 2.22. The summed E-state index contributed by atoms with van der Waals surface area (Å²) in [6.45, 7) is 3.45. The maximum Gasteiger partial charge on any atom is 0.306 e. The van der Waals surface area contributed by atoms with Crippen molar-refractivity contribution in [1.29, 1.82) is 0 Å². The summed E-state index contributed by atoms with van der Waals surface area (Å²) >= 11 is 0. The van der Waals surface area contributed by atoms with E-state index in [0.717, 1.165) is 44.9 Å². The molecule has 0 aromatic rings. The lowest BCUT2D eigenvalue weighted by Crippen LogP contribution is -2.59. The number of carbonyl (C=O) groups is 2. The highest BCUT2D eigenvalue weighted by molar-refractivity contribution is 5.70. The predicted molar refractivity (Wildman–Crippen MR) is 252 cm³/mol. The molecule has 0 aliphatic carbocycles. The summed E-state index contributed by atoms with van der Waals surface area (Å²) in [6.07, 6.45) is 40.9. The molecule has 6 atom stereocenters. The van der Waals surface area contributed by atoms with E-state index in [4.69, 9.17) is 18.9 Å². The summed E-state index contributed by atoms with van der Waals surface area (Å²) in [5.74, 6) is -0.809. The number of rotatable bonds is 45. The van der Waals surface area contributed by atoms with Crippen molar-refractivity contribution in [1.82, 2.24) is 0 Å². The van der Waals surface area contributed by atoms with Crippen LogP contribution in [0.3, 0.4) is 0 Å². The first-order valence-corrected chi connectivity index (χ1v) is 26.3. The Kier molecular flexibility index (Phi) is 40.9. The van der Waals surface area contributed by atoms with E-state index in [9.17, 15) is 30.0 Å². The molecule has 10 heteroatoms. The third-order valence-electron chi connectivity index (χ3n) is 12.4. The number of hydrogen-bond acceptors (Lipinski definition) is 10. The normalized spacial score (nSPS) is 19.6. The van der Waals surface area contributed by atoms with E-state index in [2.05, 4.69) is 26.0 Å². The number of hydrogen-bond donors (Lipinski definition) is 4. The lowest BCUT2D eigenvalue weighted by molar-refractivity contribution is -0.305. The number of allylic oxidation sites excluding steroid dienone is 2. The molecule has 0 radical (unpaired) electrons. The molecular weight excluding hydrogens is 785 g/mol. The van der Waals surface area contributed by atoms with Crippen molar-refractivity contribution in [3.05, 3.63) is 12.2 Å². The van der Waals surface area contributed by atoms with Crippen LogP contribution in [-0.4, -0.2) is 89.0 Å². The minimum atomic E-state index is -1.59. The lowest BCUT2D eigenvalue weighted by atomic mass is 9.99. The van der Waals surface area contributed by atoms with Gasteiger partial charge >= 0.3 is 11.9 Å². The minimum absolute atomic E-state index is 0.214. The van der Waals surface area contributed by atoms with Gasteiger partial charge < -0.3 is 39.4 Å². The Hall–Kier alpha value is -1.56. The van der Waals surface area contributed by atoms with E-state index in [1.54, 1.807) is 0 Å². The Morgan fingerprint density at radius 2 is 0.855 bits per heavy atom. The van der Waals surface area contributed by atoms with Crippen molar-refractivity contribution < 1.29 is 49.0 Å². The molecule has 1 fully saturated rings. The fourth-order valence-corrected chi connectivity index (χ4v) is 8.24. The molecule has 1 saturated heterocycles. The molecule has 62 heavy (non-hydrogen) atoms. The Bertz CT molecular complexity index is 1020. The van der Waals surface area contributed by atoms with Crippen LogP contribution in [0.2, 0.25) is 0 Å². The average Bonchev–Trinajstić information content (AvgIpc) is 3.27. The first-order valence-electron chi connectivity index (χ1n) is 26.3. The second kappa shape index (κ2) is 43.3. The van der Waals surface area contributed by atoms with Gasteiger partial charge in [-0.3, -0.25) is 9.59 Å². The molecule has 366 valence electrons. The lowest BCUT2D eigenvalue weighted by Gasteiger charge is -2.39. The molecule has 1 rings (SSSR count). The molecule has 1 aliphatic heterocycles. The Morgan fingerprint density at radius 3 is 1.27 bits per heavy atom. The van der Waals surface area contributed by atoms with Crippen molar-refractivity contribution >= 4 is 11.9 Å². The highest BCUT2D eigenvalue weighted by Crippen LogP contribution is 2.23. The van der Waals surface area contributed by atoms with Crippen LogP contribution in [-0.2, 0) is 28.5 Å². The average molecular weight is 883 g/mol. The van der Waals surface area contributed by atoms with Crippen LogP contribution in [0.4, 0.5) is 0 Å². The van der Waals surface area contributed by atoms with Gasteiger partial charge in [0, 0.05) is 12.8 Å². The summed E-state index contributed by atoms with van der Waals surface area (Å²) in [5.41, 5.74) is 0. The first-order chi connectivity index (χ1) is 30.3. The maximum absolute atomic E-state index is 12.8. The smallest absolute Gasteiger partial charge is 0.306 e. The minimum Gasteiger partial charge on any atom is -0.462 e. The van der Waals surface area contributed by atoms with Gasteiger partial charge in [-0.05, 0) is 38.5 Å². The van der Waals surface area contributed by atoms with E-state index in [1.165, 1.54) is 173 Å². The molecule has 10 nitrogen and oxygen atoms in total. The van der Waals surface area contributed by atoms with Gasteiger partial charge in [-0.15, -0.1) is 0 Å². The molecular formula is C52H98O10. The fourth-order valence-electron chi connectivity index (χ4n) is 8.24. The van der Waals surface area contributed by atoms with E-state index in [0.29, 0.717) is 6.42 Å². The van der Waals surface area contributed by atoms with E-state index < -0.39 is 49.4 Å². The molecule has 1 heterocycles. The third kappa shape index (κ3) is 33.9. The Labute approximate surface area is 380 Å². The fraction of sp³-hybridized carbons (Fsp3) is 0.923. The summed E-state index contributed by atoms with van der Waals surface area (Å²) in [5, 5.41) is 40.2. The summed E-state index contributed by atoms with van der Waals surface area (Å²) < 4.78 is 22.2. The monoisotopic (exact) mass is 883 g/mol. The van der Waals surface area contributed by atoms with Gasteiger partial charge in [0.2, 0.25) is 0 Å². The molecule has 2 unspecified atom stereocenters. The molecule has 0 amide bonds. The number of carbonyl (C=O) groups excluding carboxylic acids is 2. The highest BCUT2D eigenvalue weighted by Gasteiger charge is 2.44. The second-order valence-corrected chi connectivity index (χ2v) is 18.3.